The van der Waals surface area contributed by atoms with E-state index in [1.807, 2.05) is 0 Å². The number of aromatic nitrogens is 2. The molecule has 0 unspecified atom stereocenters. The minimum atomic E-state index is -0.794. The van der Waals surface area contributed by atoms with Gasteiger partial charge in [-0.3, -0.25) is 4.79 Å². The van der Waals surface area contributed by atoms with Crippen molar-refractivity contribution in [1.82, 2.24) is 10.1 Å². The predicted octanol–water partition coefficient (Wildman–Crippen LogP) is 3.38. The van der Waals surface area contributed by atoms with Crippen molar-refractivity contribution in [2.24, 2.45) is 5.73 Å². The molecule has 1 heterocycles. The Kier molecular flexibility index (Phi) is 4.62. The first-order valence-electron chi connectivity index (χ1n) is 7.05. The highest BCUT2D eigenvalue weighted by atomic mass is 35.5. The molecule has 3 N–H and O–H groups in total. The van der Waals surface area contributed by atoms with Gasteiger partial charge in [-0.2, -0.15) is 4.98 Å². The smallest absolute Gasteiger partial charge is 0.260 e. The van der Waals surface area contributed by atoms with Gasteiger partial charge in [0, 0.05) is 11.8 Å². The van der Waals surface area contributed by atoms with E-state index in [-0.39, 0.29) is 34.4 Å². The van der Waals surface area contributed by atoms with E-state index < -0.39 is 17.5 Å². The van der Waals surface area contributed by atoms with Crippen molar-refractivity contribution in [3.8, 4) is 11.5 Å². The zero-order valence-corrected chi connectivity index (χ0v) is 13.3. The van der Waals surface area contributed by atoms with Crippen LogP contribution in [0.5, 0.6) is 0 Å². The summed E-state index contributed by atoms with van der Waals surface area (Å²) in [5.41, 5.74) is 6.00. The summed E-state index contributed by atoms with van der Waals surface area (Å²) in [4.78, 5) is 15.2. The maximum atomic E-state index is 13.7. The average molecular weight is 365 g/mol. The molecule has 1 amide bonds. The molecule has 0 fully saturated rings. The molecule has 3 aromatic rings. The van der Waals surface area contributed by atoms with E-state index in [1.54, 1.807) is 6.07 Å². The molecular formula is C16H11ClF2N4O2. The first-order valence-corrected chi connectivity index (χ1v) is 7.43. The van der Waals surface area contributed by atoms with Gasteiger partial charge in [0.25, 0.3) is 5.89 Å². The van der Waals surface area contributed by atoms with Crippen molar-refractivity contribution in [3.63, 3.8) is 0 Å². The monoisotopic (exact) mass is 364 g/mol. The molecule has 0 saturated carbocycles. The molecule has 25 heavy (non-hydrogen) atoms. The largest absolute Gasteiger partial charge is 0.378 e. The normalized spacial score (nSPS) is 10.7. The number of carbonyl (C=O) groups excluding carboxylic acids is 1. The van der Waals surface area contributed by atoms with Gasteiger partial charge >= 0.3 is 0 Å². The van der Waals surface area contributed by atoms with Gasteiger partial charge in [0.2, 0.25) is 5.91 Å². The lowest BCUT2D eigenvalue weighted by Gasteiger charge is -2.06. The van der Waals surface area contributed by atoms with Crippen LogP contribution >= 0.6 is 11.6 Å². The van der Waals surface area contributed by atoms with Crippen molar-refractivity contribution >= 4 is 23.2 Å². The Bertz CT molecular complexity index is 946. The molecule has 128 valence electrons. The highest BCUT2D eigenvalue weighted by Crippen LogP contribution is 2.23. The minimum absolute atomic E-state index is 0.00834. The summed E-state index contributed by atoms with van der Waals surface area (Å²) in [7, 11) is 0. The Morgan fingerprint density at radius 2 is 2.04 bits per heavy atom. The lowest BCUT2D eigenvalue weighted by Crippen LogP contribution is -2.11. The van der Waals surface area contributed by atoms with E-state index in [4.69, 9.17) is 21.9 Å². The van der Waals surface area contributed by atoms with Gasteiger partial charge in [-0.15, -0.1) is 0 Å². The molecule has 0 bridgehead atoms. The molecule has 0 aliphatic heterocycles. The number of hydrogen-bond donors (Lipinski definition) is 2. The summed E-state index contributed by atoms with van der Waals surface area (Å²) in [5.74, 6) is -1.91. The zero-order valence-electron chi connectivity index (χ0n) is 12.6. The van der Waals surface area contributed by atoms with Crippen molar-refractivity contribution in [3.05, 3.63) is 64.4 Å². The van der Waals surface area contributed by atoms with Gasteiger partial charge < -0.3 is 15.6 Å². The van der Waals surface area contributed by atoms with Gasteiger partial charge in [0.05, 0.1) is 22.7 Å². The molecule has 9 heteroatoms. The summed E-state index contributed by atoms with van der Waals surface area (Å²) in [6.45, 7) is 0.165. The highest BCUT2D eigenvalue weighted by Gasteiger charge is 2.14. The van der Waals surface area contributed by atoms with Gasteiger partial charge in [0.1, 0.15) is 11.6 Å². The molecule has 1 aromatic heterocycles. The summed E-state index contributed by atoms with van der Waals surface area (Å²) in [6.07, 6.45) is 0. The lowest BCUT2D eigenvalue weighted by molar-refractivity contribution is 0.100. The van der Waals surface area contributed by atoms with E-state index in [0.29, 0.717) is 5.69 Å². The number of nitrogens with zero attached hydrogens (tertiary/aromatic N) is 2. The maximum absolute atomic E-state index is 13.7. The number of anilines is 1. The first-order chi connectivity index (χ1) is 11.9. The van der Waals surface area contributed by atoms with Crippen LogP contribution in [0.2, 0.25) is 5.02 Å². The maximum Gasteiger partial charge on any atom is 0.260 e. The Morgan fingerprint density at radius 1 is 1.24 bits per heavy atom. The molecule has 0 aliphatic rings. The molecule has 0 spiro atoms. The van der Waals surface area contributed by atoms with E-state index in [1.165, 1.54) is 18.2 Å². The van der Waals surface area contributed by atoms with Gasteiger partial charge in [-0.05, 0) is 30.3 Å². The second-order valence-electron chi connectivity index (χ2n) is 5.05. The number of benzene rings is 2. The van der Waals surface area contributed by atoms with Crippen LogP contribution in [0, 0.1) is 11.6 Å². The SMILES string of the molecule is NC(=O)c1ccc(NCc2noc(-c3ccc(F)cc3F)n2)cc1Cl. The number of primary amides is 1. The third kappa shape index (κ3) is 3.74. The van der Waals surface area contributed by atoms with Crippen LogP contribution in [0.1, 0.15) is 16.2 Å². The van der Waals surface area contributed by atoms with Crippen LogP contribution < -0.4 is 11.1 Å². The summed E-state index contributed by atoms with van der Waals surface area (Å²) < 4.78 is 31.6. The van der Waals surface area contributed by atoms with E-state index >= 15 is 0 Å². The summed E-state index contributed by atoms with van der Waals surface area (Å²) in [5, 5.41) is 6.91. The summed E-state index contributed by atoms with van der Waals surface area (Å²) >= 11 is 5.96. The Labute approximate surface area is 145 Å². The molecule has 6 nitrogen and oxygen atoms in total. The fourth-order valence-corrected chi connectivity index (χ4v) is 2.38. The molecule has 3 rings (SSSR count). The number of nitrogens with one attached hydrogen (secondary N) is 1. The second kappa shape index (κ2) is 6.86. The second-order valence-corrected chi connectivity index (χ2v) is 5.46. The van der Waals surface area contributed by atoms with Crippen molar-refractivity contribution < 1.29 is 18.1 Å². The van der Waals surface area contributed by atoms with Crippen LogP contribution in [0.15, 0.2) is 40.9 Å². The molecular weight excluding hydrogens is 354 g/mol. The Hall–Kier alpha value is -3.00. The van der Waals surface area contributed by atoms with Crippen molar-refractivity contribution in [2.45, 2.75) is 6.54 Å². The van der Waals surface area contributed by atoms with Gasteiger partial charge in [0.15, 0.2) is 5.82 Å². The van der Waals surface area contributed by atoms with Crippen LogP contribution in [0.25, 0.3) is 11.5 Å². The number of amides is 1. The predicted molar refractivity (Wildman–Crippen MR) is 86.9 cm³/mol. The van der Waals surface area contributed by atoms with E-state index in [9.17, 15) is 13.6 Å². The highest BCUT2D eigenvalue weighted by molar-refractivity contribution is 6.34. The van der Waals surface area contributed by atoms with Gasteiger partial charge in [-0.1, -0.05) is 16.8 Å². The van der Waals surface area contributed by atoms with Crippen LogP contribution in [0.4, 0.5) is 14.5 Å². The van der Waals surface area contributed by atoms with E-state index in [2.05, 4.69) is 15.5 Å². The van der Waals surface area contributed by atoms with Gasteiger partial charge in [-0.25, -0.2) is 8.78 Å². The topological polar surface area (TPSA) is 94.0 Å². The number of carbonyl (C=O) groups is 1. The number of halogens is 3. The summed E-state index contributed by atoms with van der Waals surface area (Å²) in [6, 6.07) is 7.69. The van der Waals surface area contributed by atoms with Crippen LogP contribution in [0.3, 0.4) is 0 Å². The zero-order chi connectivity index (χ0) is 18.0. The molecule has 0 saturated heterocycles. The molecule has 2 aromatic carbocycles. The van der Waals surface area contributed by atoms with Crippen molar-refractivity contribution in [1.29, 1.82) is 0 Å². The third-order valence-corrected chi connectivity index (χ3v) is 3.63. The third-order valence-electron chi connectivity index (χ3n) is 3.31. The molecule has 0 atom stereocenters. The number of hydrogen-bond acceptors (Lipinski definition) is 5. The van der Waals surface area contributed by atoms with E-state index in [0.717, 1.165) is 12.1 Å². The van der Waals surface area contributed by atoms with Crippen LogP contribution in [-0.2, 0) is 6.54 Å². The minimum Gasteiger partial charge on any atom is -0.378 e. The Morgan fingerprint density at radius 3 is 2.72 bits per heavy atom. The lowest BCUT2D eigenvalue weighted by atomic mass is 10.2. The molecule has 0 radical (unpaired) electrons. The Balaban J connectivity index is 1.72. The fraction of sp³-hybridized carbons (Fsp3) is 0.0625. The number of rotatable bonds is 5. The van der Waals surface area contributed by atoms with Crippen LogP contribution in [-0.4, -0.2) is 16.0 Å². The quantitative estimate of drug-likeness (QED) is 0.723. The number of nitrogens with two attached hydrogens (primary N) is 1. The van der Waals surface area contributed by atoms with Crippen molar-refractivity contribution in [2.75, 3.05) is 5.32 Å². The first kappa shape index (κ1) is 16.8. The fourth-order valence-electron chi connectivity index (χ4n) is 2.10. The standard InChI is InChI=1S/C16H11ClF2N4O2/c17-12-6-9(2-4-10(12)15(20)24)21-7-14-22-16(25-23-14)11-3-1-8(18)5-13(11)19/h1-6,21H,7H2,(H2,20,24). The molecule has 0 aliphatic carbocycles. The average Bonchev–Trinajstić information content (AvgIpc) is 3.01.